The smallest absolute Gasteiger partial charge is 0.152 e. The number of ketones is 1. The predicted molar refractivity (Wildman–Crippen MR) is 58.1 cm³/mol. The molecule has 0 amide bonds. The molecule has 1 unspecified atom stereocenters. The number of thiophene rings is 1. The van der Waals surface area contributed by atoms with Crippen LogP contribution in [0.15, 0.2) is 17.5 Å². The molecule has 0 aliphatic rings. The highest BCUT2D eigenvalue weighted by Gasteiger charge is 2.13. The molecule has 0 aliphatic carbocycles. The van der Waals surface area contributed by atoms with Crippen molar-refractivity contribution in [1.29, 1.82) is 0 Å². The molecule has 0 bridgehead atoms. The third kappa shape index (κ3) is 3.70. The first-order valence-electron chi connectivity index (χ1n) is 4.47. The number of hydrogen-bond acceptors (Lipinski definition) is 3. The first kappa shape index (κ1) is 12.3. The van der Waals surface area contributed by atoms with Gasteiger partial charge in [0.05, 0.1) is 0 Å². The van der Waals surface area contributed by atoms with Crippen LogP contribution in [0, 0.1) is 0 Å². The van der Waals surface area contributed by atoms with Gasteiger partial charge in [0.2, 0.25) is 0 Å². The lowest BCUT2D eigenvalue weighted by molar-refractivity contribution is -0.118. The minimum atomic E-state index is -0.116. The molecule has 3 heteroatoms. The van der Waals surface area contributed by atoms with Crippen molar-refractivity contribution in [3.63, 3.8) is 0 Å². The maximum atomic E-state index is 11.0. The largest absolute Gasteiger partial charge is 0.306 e. The highest BCUT2D eigenvalue weighted by Crippen LogP contribution is 2.18. The summed E-state index contributed by atoms with van der Waals surface area (Å²) < 4.78 is 0. The average Bonchev–Trinajstić information content (AvgIpc) is 2.62. The van der Waals surface area contributed by atoms with Crippen molar-refractivity contribution < 1.29 is 4.79 Å². The van der Waals surface area contributed by atoms with E-state index in [1.165, 1.54) is 0 Å². The van der Waals surface area contributed by atoms with Crippen LogP contribution in [0.4, 0.5) is 0 Å². The highest BCUT2D eigenvalue weighted by molar-refractivity contribution is 7.10. The zero-order valence-corrected chi connectivity index (χ0v) is 9.44. The van der Waals surface area contributed by atoms with E-state index < -0.39 is 0 Å². The molecule has 1 N–H and O–H groups in total. The van der Waals surface area contributed by atoms with E-state index in [1.54, 1.807) is 25.3 Å². The van der Waals surface area contributed by atoms with E-state index in [0.29, 0.717) is 0 Å². The SMILES string of the molecule is CC.CNC(C(C)=O)c1cccs1. The lowest BCUT2D eigenvalue weighted by Gasteiger charge is -2.08. The van der Waals surface area contributed by atoms with Gasteiger partial charge in [-0.25, -0.2) is 0 Å². The molecule has 2 nitrogen and oxygen atoms in total. The Balaban J connectivity index is 0.000000671. The topological polar surface area (TPSA) is 29.1 Å². The lowest BCUT2D eigenvalue weighted by atomic mass is 10.2. The Bertz CT molecular complexity index is 231. The fourth-order valence-corrected chi connectivity index (χ4v) is 1.89. The van der Waals surface area contributed by atoms with Crippen LogP contribution in [0.1, 0.15) is 31.7 Å². The Kier molecular flexibility index (Phi) is 6.45. The van der Waals surface area contributed by atoms with Crippen LogP contribution in [0.3, 0.4) is 0 Å². The van der Waals surface area contributed by atoms with Gasteiger partial charge in [-0.1, -0.05) is 19.9 Å². The quantitative estimate of drug-likeness (QED) is 0.810. The number of Topliss-reactive ketones (excluding diaryl/α,β-unsaturated/α-hetero) is 1. The van der Waals surface area contributed by atoms with Crippen LogP contribution < -0.4 is 5.32 Å². The van der Waals surface area contributed by atoms with Crippen LogP contribution in [0.25, 0.3) is 0 Å². The Hall–Kier alpha value is -0.670. The molecule has 0 fully saturated rings. The minimum absolute atomic E-state index is 0.116. The summed E-state index contributed by atoms with van der Waals surface area (Å²) in [5, 5.41) is 4.94. The van der Waals surface area contributed by atoms with Gasteiger partial charge in [0.15, 0.2) is 5.78 Å². The van der Waals surface area contributed by atoms with Gasteiger partial charge in [0.25, 0.3) is 0 Å². The van der Waals surface area contributed by atoms with Crippen molar-refractivity contribution in [3.05, 3.63) is 22.4 Å². The minimum Gasteiger partial charge on any atom is -0.306 e. The first-order chi connectivity index (χ1) is 6.25. The summed E-state index contributed by atoms with van der Waals surface area (Å²) in [4.78, 5) is 12.1. The van der Waals surface area contributed by atoms with Crippen LogP contribution in [-0.2, 0) is 4.79 Å². The van der Waals surface area contributed by atoms with Crippen molar-refractivity contribution >= 4 is 17.1 Å². The van der Waals surface area contributed by atoms with Gasteiger partial charge in [-0.3, -0.25) is 4.79 Å². The zero-order valence-electron chi connectivity index (χ0n) is 8.63. The molecule has 1 aromatic heterocycles. The van der Waals surface area contributed by atoms with Crippen LogP contribution in [-0.4, -0.2) is 12.8 Å². The van der Waals surface area contributed by atoms with Gasteiger partial charge in [0, 0.05) is 4.88 Å². The molecule has 74 valence electrons. The number of carbonyl (C=O) groups is 1. The Morgan fingerprint density at radius 1 is 1.54 bits per heavy atom. The van der Waals surface area contributed by atoms with Crippen molar-refractivity contribution in [2.75, 3.05) is 7.05 Å². The molecule has 1 heterocycles. The first-order valence-corrected chi connectivity index (χ1v) is 5.34. The standard InChI is InChI=1S/C8H11NOS.C2H6/c1-6(10)8(9-2)7-4-3-5-11-7;1-2/h3-5,8-9H,1-2H3;1-2H3. The normalized spacial score (nSPS) is 11.4. The fourth-order valence-electron chi connectivity index (χ4n) is 1.00. The van der Waals surface area contributed by atoms with Gasteiger partial charge >= 0.3 is 0 Å². The third-order valence-corrected chi connectivity index (χ3v) is 2.46. The van der Waals surface area contributed by atoms with E-state index in [-0.39, 0.29) is 11.8 Å². The Labute approximate surface area is 84.0 Å². The maximum Gasteiger partial charge on any atom is 0.152 e. The molecule has 0 aromatic carbocycles. The molecule has 1 rings (SSSR count). The van der Waals surface area contributed by atoms with Gasteiger partial charge in [0.1, 0.15) is 6.04 Å². The zero-order chi connectivity index (χ0) is 10.3. The summed E-state index contributed by atoms with van der Waals surface area (Å²) in [6.07, 6.45) is 0. The van der Waals surface area contributed by atoms with Gasteiger partial charge in [-0.15, -0.1) is 11.3 Å². The second-order valence-electron chi connectivity index (χ2n) is 2.35. The van der Waals surface area contributed by atoms with E-state index in [4.69, 9.17) is 0 Å². The molecule has 13 heavy (non-hydrogen) atoms. The summed E-state index contributed by atoms with van der Waals surface area (Å²) in [6, 6.07) is 3.80. The number of nitrogens with one attached hydrogen (secondary N) is 1. The highest BCUT2D eigenvalue weighted by atomic mass is 32.1. The van der Waals surface area contributed by atoms with Gasteiger partial charge in [-0.2, -0.15) is 0 Å². The lowest BCUT2D eigenvalue weighted by Crippen LogP contribution is -2.22. The maximum absolute atomic E-state index is 11.0. The molecule has 0 aliphatic heterocycles. The summed E-state index contributed by atoms with van der Waals surface area (Å²) in [6.45, 7) is 5.60. The van der Waals surface area contributed by atoms with E-state index in [9.17, 15) is 4.79 Å². The van der Waals surface area contributed by atoms with Crippen LogP contribution in [0.2, 0.25) is 0 Å². The van der Waals surface area contributed by atoms with Crippen molar-refractivity contribution in [3.8, 4) is 0 Å². The van der Waals surface area contributed by atoms with Crippen molar-refractivity contribution in [1.82, 2.24) is 5.32 Å². The third-order valence-electron chi connectivity index (χ3n) is 1.52. The van der Waals surface area contributed by atoms with E-state index in [2.05, 4.69) is 5.32 Å². The molecular weight excluding hydrogens is 182 g/mol. The number of likely N-dealkylation sites (N-methyl/N-ethyl adjacent to an activating group) is 1. The average molecular weight is 199 g/mol. The van der Waals surface area contributed by atoms with E-state index in [1.807, 2.05) is 31.4 Å². The van der Waals surface area contributed by atoms with Gasteiger partial charge in [-0.05, 0) is 25.4 Å². The summed E-state index contributed by atoms with van der Waals surface area (Å²) in [5.41, 5.74) is 0. The molecule has 0 saturated heterocycles. The fraction of sp³-hybridized carbons (Fsp3) is 0.500. The van der Waals surface area contributed by atoms with Crippen molar-refractivity contribution in [2.24, 2.45) is 0 Å². The van der Waals surface area contributed by atoms with Crippen LogP contribution >= 0.6 is 11.3 Å². The molecule has 0 spiro atoms. The molecule has 0 radical (unpaired) electrons. The number of hydrogen-bond donors (Lipinski definition) is 1. The molecular formula is C10H17NOS. The van der Waals surface area contributed by atoms with E-state index in [0.717, 1.165) is 4.88 Å². The second kappa shape index (κ2) is 6.80. The predicted octanol–water partition coefficient (Wildman–Crippen LogP) is 2.62. The summed E-state index contributed by atoms with van der Waals surface area (Å²) >= 11 is 1.60. The van der Waals surface area contributed by atoms with Crippen molar-refractivity contribution in [2.45, 2.75) is 26.8 Å². The van der Waals surface area contributed by atoms with Crippen LogP contribution in [0.5, 0.6) is 0 Å². The second-order valence-corrected chi connectivity index (χ2v) is 3.33. The Morgan fingerprint density at radius 3 is 2.46 bits per heavy atom. The molecule has 0 saturated carbocycles. The van der Waals surface area contributed by atoms with Gasteiger partial charge < -0.3 is 5.32 Å². The summed E-state index contributed by atoms with van der Waals surface area (Å²) in [5.74, 6) is 0.162. The molecule has 1 atom stereocenters. The Morgan fingerprint density at radius 2 is 2.15 bits per heavy atom. The van der Waals surface area contributed by atoms with E-state index >= 15 is 0 Å². The number of rotatable bonds is 3. The molecule has 1 aromatic rings. The number of carbonyl (C=O) groups excluding carboxylic acids is 1. The summed E-state index contributed by atoms with van der Waals surface area (Å²) in [7, 11) is 1.80. The monoisotopic (exact) mass is 199 g/mol.